The maximum absolute atomic E-state index is 13.1. The molecule has 0 aliphatic rings. The quantitative estimate of drug-likeness (QED) is 0.763. The van der Waals surface area contributed by atoms with Gasteiger partial charge < -0.3 is 5.11 Å². The van der Waals surface area contributed by atoms with Crippen molar-refractivity contribution in [2.45, 2.75) is 20.8 Å². The van der Waals surface area contributed by atoms with Crippen LogP contribution in [0.25, 0.3) is 0 Å². The van der Waals surface area contributed by atoms with Gasteiger partial charge in [-0.1, -0.05) is 37.0 Å². The van der Waals surface area contributed by atoms with Gasteiger partial charge in [-0.15, -0.1) is 0 Å². The number of carboxylic acids is 1. The Morgan fingerprint density at radius 2 is 1.87 bits per heavy atom. The molecule has 0 radical (unpaired) electrons. The smallest absolute Gasteiger partial charge is 0.338 e. The fourth-order valence-electron chi connectivity index (χ4n) is 0.842. The van der Waals surface area contributed by atoms with E-state index in [1.165, 1.54) is 6.92 Å². The Hall–Kier alpha value is -0.800. The molecule has 1 aromatic carbocycles. The van der Waals surface area contributed by atoms with Crippen molar-refractivity contribution in [3.8, 4) is 0 Å². The molecule has 15 heavy (non-hydrogen) atoms. The lowest BCUT2D eigenvalue weighted by Crippen LogP contribution is -2.02. The normalized spacial score (nSPS) is 9.20. The highest BCUT2D eigenvalue weighted by Crippen LogP contribution is 2.29. The molecule has 0 aliphatic carbocycles. The zero-order valence-electron chi connectivity index (χ0n) is 8.57. The van der Waals surface area contributed by atoms with Crippen LogP contribution in [0.15, 0.2) is 6.07 Å². The lowest BCUT2D eigenvalue weighted by molar-refractivity contribution is 0.0692. The zero-order valence-corrected chi connectivity index (χ0v) is 10.1. The van der Waals surface area contributed by atoms with Crippen LogP contribution >= 0.6 is 23.2 Å². The minimum absolute atomic E-state index is 0.142. The Balaban J connectivity index is 0.000000921. The van der Waals surface area contributed by atoms with Gasteiger partial charge in [-0.2, -0.15) is 0 Å². The van der Waals surface area contributed by atoms with Crippen LogP contribution < -0.4 is 0 Å². The van der Waals surface area contributed by atoms with E-state index < -0.39 is 17.3 Å². The Labute approximate surface area is 97.6 Å². The monoisotopic (exact) mass is 252 g/mol. The molecule has 0 unspecified atom stereocenters. The number of hydrogen-bond acceptors (Lipinski definition) is 1. The average Bonchev–Trinajstić information content (AvgIpc) is 2.23. The summed E-state index contributed by atoms with van der Waals surface area (Å²) in [4.78, 5) is 10.5. The molecule has 0 spiro atoms. The standard InChI is InChI=1S/C8H5Cl2FO2.C2H6/c1-3-5(9)2-4(8(12)13)7(11)6(3)10;1-2/h2H,1H3,(H,12,13);1-2H3. The third-order valence-electron chi connectivity index (χ3n) is 1.62. The second-order valence-electron chi connectivity index (χ2n) is 2.46. The van der Waals surface area contributed by atoms with Crippen molar-refractivity contribution in [1.82, 2.24) is 0 Å². The lowest BCUT2D eigenvalue weighted by atomic mass is 10.1. The van der Waals surface area contributed by atoms with Crippen LogP contribution in [-0.4, -0.2) is 11.1 Å². The van der Waals surface area contributed by atoms with Gasteiger partial charge in [-0.25, -0.2) is 9.18 Å². The van der Waals surface area contributed by atoms with Gasteiger partial charge >= 0.3 is 5.97 Å². The molecule has 5 heteroatoms. The topological polar surface area (TPSA) is 37.3 Å². The largest absolute Gasteiger partial charge is 0.478 e. The first-order chi connectivity index (χ1) is 6.95. The van der Waals surface area contributed by atoms with E-state index in [1.54, 1.807) is 0 Å². The summed E-state index contributed by atoms with van der Waals surface area (Å²) in [6, 6.07) is 1.04. The van der Waals surface area contributed by atoms with Crippen LogP contribution in [0.3, 0.4) is 0 Å². The molecule has 1 rings (SSSR count). The highest BCUT2D eigenvalue weighted by molar-refractivity contribution is 6.36. The summed E-state index contributed by atoms with van der Waals surface area (Å²) >= 11 is 11.1. The van der Waals surface area contributed by atoms with Gasteiger partial charge in [0.1, 0.15) is 0 Å². The Morgan fingerprint density at radius 1 is 1.40 bits per heavy atom. The second kappa shape index (κ2) is 5.93. The third kappa shape index (κ3) is 3.08. The predicted molar refractivity (Wildman–Crippen MR) is 59.5 cm³/mol. The average molecular weight is 253 g/mol. The molecule has 0 saturated heterocycles. The minimum atomic E-state index is -1.39. The highest BCUT2D eigenvalue weighted by Gasteiger charge is 2.17. The summed E-state index contributed by atoms with van der Waals surface area (Å²) in [5.41, 5.74) is -0.175. The number of hydrogen-bond donors (Lipinski definition) is 1. The van der Waals surface area contributed by atoms with Gasteiger partial charge in [0.05, 0.1) is 10.6 Å². The Kier molecular flexibility index (Phi) is 5.61. The molecule has 0 aliphatic heterocycles. The summed E-state index contributed by atoms with van der Waals surface area (Å²) < 4.78 is 13.1. The van der Waals surface area contributed by atoms with Crippen molar-refractivity contribution in [2.24, 2.45) is 0 Å². The molecule has 1 aromatic rings. The second-order valence-corrected chi connectivity index (χ2v) is 3.25. The van der Waals surface area contributed by atoms with Crippen molar-refractivity contribution in [1.29, 1.82) is 0 Å². The summed E-state index contributed by atoms with van der Waals surface area (Å²) in [5.74, 6) is -2.34. The van der Waals surface area contributed by atoms with Crippen molar-refractivity contribution in [3.63, 3.8) is 0 Å². The van der Waals surface area contributed by atoms with E-state index in [0.29, 0.717) is 5.56 Å². The summed E-state index contributed by atoms with van der Waals surface area (Å²) in [7, 11) is 0. The van der Waals surface area contributed by atoms with Crippen molar-refractivity contribution >= 4 is 29.2 Å². The SMILES string of the molecule is CC.Cc1c(Cl)cc(C(=O)O)c(F)c1Cl. The van der Waals surface area contributed by atoms with Gasteiger partial charge in [0, 0.05) is 5.02 Å². The lowest BCUT2D eigenvalue weighted by Gasteiger charge is -2.04. The number of carboxylic acid groups (broad SMARTS) is 1. The van der Waals surface area contributed by atoms with Crippen LogP contribution in [-0.2, 0) is 0 Å². The van der Waals surface area contributed by atoms with E-state index in [4.69, 9.17) is 28.3 Å². The Bertz CT molecular complexity index is 378. The van der Waals surface area contributed by atoms with Crippen molar-refractivity contribution in [2.75, 3.05) is 0 Å². The fourth-order valence-corrected chi connectivity index (χ4v) is 1.30. The van der Waals surface area contributed by atoms with E-state index in [2.05, 4.69) is 0 Å². The molecule has 0 aromatic heterocycles. The van der Waals surface area contributed by atoms with Crippen LogP contribution in [0.2, 0.25) is 10.0 Å². The molecule has 0 amide bonds. The van der Waals surface area contributed by atoms with Gasteiger partial charge in [-0.3, -0.25) is 0 Å². The number of benzene rings is 1. The molecule has 0 bridgehead atoms. The van der Waals surface area contributed by atoms with Crippen LogP contribution in [0.1, 0.15) is 29.8 Å². The first kappa shape index (κ1) is 14.2. The molecule has 0 saturated carbocycles. The maximum Gasteiger partial charge on any atom is 0.338 e. The van der Waals surface area contributed by atoms with E-state index >= 15 is 0 Å². The summed E-state index contributed by atoms with van der Waals surface area (Å²) in [6.45, 7) is 5.51. The Morgan fingerprint density at radius 3 is 2.27 bits per heavy atom. The minimum Gasteiger partial charge on any atom is -0.478 e. The molecule has 2 nitrogen and oxygen atoms in total. The maximum atomic E-state index is 13.1. The number of halogens is 3. The molecule has 1 N–H and O–H groups in total. The van der Waals surface area contributed by atoms with Crippen LogP contribution in [0.4, 0.5) is 4.39 Å². The predicted octanol–water partition coefficient (Wildman–Crippen LogP) is 4.17. The van der Waals surface area contributed by atoms with Crippen LogP contribution in [0, 0.1) is 12.7 Å². The number of aromatic carboxylic acids is 1. The molecule has 0 heterocycles. The highest BCUT2D eigenvalue weighted by atomic mass is 35.5. The number of rotatable bonds is 1. The van der Waals surface area contributed by atoms with E-state index in [-0.39, 0.29) is 10.0 Å². The van der Waals surface area contributed by atoms with E-state index in [0.717, 1.165) is 6.07 Å². The van der Waals surface area contributed by atoms with Gasteiger partial charge in [-0.05, 0) is 18.6 Å². The number of carbonyl (C=O) groups is 1. The first-order valence-corrected chi connectivity index (χ1v) is 5.08. The zero-order chi connectivity index (χ0) is 12.2. The fraction of sp³-hybridized carbons (Fsp3) is 0.300. The van der Waals surface area contributed by atoms with E-state index in [1.807, 2.05) is 13.8 Å². The molecule has 0 atom stereocenters. The molecular formula is C10H11Cl2FO2. The van der Waals surface area contributed by atoms with Gasteiger partial charge in [0.2, 0.25) is 0 Å². The molecular weight excluding hydrogens is 242 g/mol. The van der Waals surface area contributed by atoms with Gasteiger partial charge in [0.25, 0.3) is 0 Å². The molecule has 84 valence electrons. The van der Waals surface area contributed by atoms with E-state index in [9.17, 15) is 9.18 Å². The van der Waals surface area contributed by atoms with Crippen molar-refractivity contribution in [3.05, 3.63) is 33.1 Å². The summed E-state index contributed by atoms with van der Waals surface area (Å²) in [5, 5.41) is 8.45. The van der Waals surface area contributed by atoms with Gasteiger partial charge in [0.15, 0.2) is 5.82 Å². The molecule has 0 fully saturated rings. The van der Waals surface area contributed by atoms with Crippen LogP contribution in [0.5, 0.6) is 0 Å². The first-order valence-electron chi connectivity index (χ1n) is 4.32. The summed E-state index contributed by atoms with van der Waals surface area (Å²) in [6.07, 6.45) is 0. The third-order valence-corrected chi connectivity index (χ3v) is 2.46. The van der Waals surface area contributed by atoms with Crippen molar-refractivity contribution < 1.29 is 14.3 Å².